The minimum Gasteiger partial charge on any atom is -0.497 e. The molecular formula is C22H34N2O3. The van der Waals surface area contributed by atoms with E-state index in [-0.39, 0.29) is 24.2 Å². The Bertz CT molecular complexity index is 586. The fourth-order valence-corrected chi connectivity index (χ4v) is 3.51. The Morgan fingerprint density at radius 2 is 1.70 bits per heavy atom. The Labute approximate surface area is 163 Å². The summed E-state index contributed by atoms with van der Waals surface area (Å²) in [5.74, 6) is 0.508. The number of carbonyl (C=O) groups excluding carboxylic acids is 2. The summed E-state index contributed by atoms with van der Waals surface area (Å²) in [6.07, 6.45) is 10.3. The number of anilines is 1. The summed E-state index contributed by atoms with van der Waals surface area (Å²) in [7, 11) is 1.61. The Morgan fingerprint density at radius 3 is 2.33 bits per heavy atom. The SMILES string of the molecule is CCCCCCCCCCNC(=O)C1CC(=O)N(c2ccc(OC)cc2)C1. The third-order valence-electron chi connectivity index (χ3n) is 5.21. The lowest BCUT2D eigenvalue weighted by Gasteiger charge is -2.17. The molecule has 1 saturated heterocycles. The van der Waals surface area contributed by atoms with Gasteiger partial charge in [-0.05, 0) is 30.7 Å². The van der Waals surface area contributed by atoms with E-state index in [2.05, 4.69) is 12.2 Å². The first-order valence-corrected chi connectivity index (χ1v) is 10.4. The van der Waals surface area contributed by atoms with Gasteiger partial charge in [-0.2, -0.15) is 0 Å². The standard InChI is InChI=1S/C22H34N2O3/c1-3-4-5-6-7-8-9-10-15-23-22(26)18-16-21(25)24(17-18)19-11-13-20(27-2)14-12-19/h11-14,18H,3-10,15-17H2,1-2H3,(H,23,26). The number of benzene rings is 1. The summed E-state index contributed by atoms with van der Waals surface area (Å²) in [6, 6.07) is 7.38. The van der Waals surface area contributed by atoms with Crippen LogP contribution in [0.2, 0.25) is 0 Å². The molecule has 1 aliphatic heterocycles. The van der Waals surface area contributed by atoms with Crippen LogP contribution in [0.15, 0.2) is 24.3 Å². The first-order chi connectivity index (χ1) is 13.2. The van der Waals surface area contributed by atoms with Crippen molar-refractivity contribution in [3.05, 3.63) is 24.3 Å². The second-order valence-electron chi connectivity index (χ2n) is 7.37. The van der Waals surface area contributed by atoms with Crippen molar-refractivity contribution < 1.29 is 14.3 Å². The summed E-state index contributed by atoms with van der Waals surface area (Å²) in [6.45, 7) is 3.40. The number of unbranched alkanes of at least 4 members (excludes halogenated alkanes) is 7. The smallest absolute Gasteiger partial charge is 0.227 e. The maximum atomic E-state index is 12.4. The minimum absolute atomic E-state index is 0.00214. The van der Waals surface area contributed by atoms with Crippen LogP contribution in [-0.4, -0.2) is 32.0 Å². The lowest BCUT2D eigenvalue weighted by molar-refractivity contribution is -0.126. The topological polar surface area (TPSA) is 58.6 Å². The van der Waals surface area contributed by atoms with Crippen LogP contribution in [0.4, 0.5) is 5.69 Å². The zero-order valence-corrected chi connectivity index (χ0v) is 16.8. The van der Waals surface area contributed by atoms with E-state index in [1.807, 2.05) is 24.3 Å². The van der Waals surface area contributed by atoms with E-state index in [1.165, 1.54) is 38.5 Å². The van der Waals surface area contributed by atoms with Gasteiger partial charge in [-0.15, -0.1) is 0 Å². The molecule has 0 radical (unpaired) electrons. The summed E-state index contributed by atoms with van der Waals surface area (Å²) in [4.78, 5) is 26.3. The number of ether oxygens (including phenoxy) is 1. The van der Waals surface area contributed by atoms with Crippen LogP contribution >= 0.6 is 0 Å². The molecule has 1 aliphatic rings. The van der Waals surface area contributed by atoms with Gasteiger partial charge in [-0.1, -0.05) is 51.9 Å². The molecule has 1 atom stereocenters. The van der Waals surface area contributed by atoms with Crippen LogP contribution in [-0.2, 0) is 9.59 Å². The van der Waals surface area contributed by atoms with Gasteiger partial charge < -0.3 is 15.0 Å². The van der Waals surface area contributed by atoms with Gasteiger partial charge in [0.25, 0.3) is 0 Å². The van der Waals surface area contributed by atoms with Gasteiger partial charge in [0.15, 0.2) is 0 Å². The highest BCUT2D eigenvalue weighted by atomic mass is 16.5. The van der Waals surface area contributed by atoms with Gasteiger partial charge in [0.2, 0.25) is 11.8 Å². The molecule has 1 unspecified atom stereocenters. The van der Waals surface area contributed by atoms with E-state index in [1.54, 1.807) is 12.0 Å². The van der Waals surface area contributed by atoms with Crippen molar-refractivity contribution in [1.82, 2.24) is 5.32 Å². The lowest BCUT2D eigenvalue weighted by atomic mass is 10.1. The molecule has 1 aromatic rings. The van der Waals surface area contributed by atoms with Crippen LogP contribution in [0.25, 0.3) is 0 Å². The molecule has 2 rings (SSSR count). The van der Waals surface area contributed by atoms with Crippen LogP contribution in [0.5, 0.6) is 5.75 Å². The highest BCUT2D eigenvalue weighted by molar-refractivity contribution is 6.00. The van der Waals surface area contributed by atoms with Gasteiger partial charge in [0.05, 0.1) is 13.0 Å². The third-order valence-corrected chi connectivity index (χ3v) is 5.21. The average molecular weight is 375 g/mol. The molecule has 27 heavy (non-hydrogen) atoms. The molecule has 2 amide bonds. The molecule has 1 fully saturated rings. The second-order valence-corrected chi connectivity index (χ2v) is 7.37. The lowest BCUT2D eigenvalue weighted by Crippen LogP contribution is -2.33. The largest absolute Gasteiger partial charge is 0.497 e. The molecule has 1 aromatic carbocycles. The van der Waals surface area contributed by atoms with Gasteiger partial charge in [0.1, 0.15) is 5.75 Å². The fourth-order valence-electron chi connectivity index (χ4n) is 3.51. The quantitative estimate of drug-likeness (QED) is 0.555. The molecule has 0 spiro atoms. The van der Waals surface area contributed by atoms with Crippen molar-refractivity contribution >= 4 is 17.5 Å². The van der Waals surface area contributed by atoms with Gasteiger partial charge in [-0.3, -0.25) is 9.59 Å². The van der Waals surface area contributed by atoms with Gasteiger partial charge >= 0.3 is 0 Å². The molecule has 0 saturated carbocycles. The van der Waals surface area contributed by atoms with E-state index < -0.39 is 0 Å². The van der Waals surface area contributed by atoms with Crippen LogP contribution in [0.3, 0.4) is 0 Å². The maximum Gasteiger partial charge on any atom is 0.227 e. The Kier molecular flexibility index (Phi) is 9.16. The van der Waals surface area contributed by atoms with Crippen molar-refractivity contribution in [1.29, 1.82) is 0 Å². The fraction of sp³-hybridized carbons (Fsp3) is 0.636. The number of hydrogen-bond acceptors (Lipinski definition) is 3. The number of nitrogens with one attached hydrogen (secondary N) is 1. The zero-order chi connectivity index (χ0) is 19.5. The van der Waals surface area contributed by atoms with Gasteiger partial charge in [0, 0.05) is 25.2 Å². The molecule has 0 aromatic heterocycles. The molecule has 150 valence electrons. The van der Waals surface area contributed by atoms with E-state index in [0.717, 1.165) is 24.3 Å². The number of rotatable bonds is 12. The molecule has 5 nitrogen and oxygen atoms in total. The van der Waals surface area contributed by atoms with Crippen molar-refractivity contribution in [3.63, 3.8) is 0 Å². The number of nitrogens with zero attached hydrogens (tertiary/aromatic N) is 1. The predicted molar refractivity (Wildman–Crippen MR) is 109 cm³/mol. The molecule has 0 aliphatic carbocycles. The molecular weight excluding hydrogens is 340 g/mol. The average Bonchev–Trinajstić information content (AvgIpc) is 3.08. The first kappa shape index (κ1) is 21.3. The highest BCUT2D eigenvalue weighted by Gasteiger charge is 2.34. The number of hydrogen-bond donors (Lipinski definition) is 1. The van der Waals surface area contributed by atoms with Crippen molar-refractivity contribution in [2.75, 3.05) is 25.1 Å². The van der Waals surface area contributed by atoms with Gasteiger partial charge in [-0.25, -0.2) is 0 Å². The van der Waals surface area contributed by atoms with E-state index in [9.17, 15) is 9.59 Å². The van der Waals surface area contributed by atoms with E-state index >= 15 is 0 Å². The summed E-state index contributed by atoms with van der Waals surface area (Å²) < 4.78 is 5.15. The normalized spacial score (nSPS) is 16.6. The van der Waals surface area contributed by atoms with Crippen LogP contribution in [0.1, 0.15) is 64.7 Å². The summed E-state index contributed by atoms with van der Waals surface area (Å²) in [5, 5.41) is 3.01. The molecule has 1 N–H and O–H groups in total. The monoisotopic (exact) mass is 374 g/mol. The first-order valence-electron chi connectivity index (χ1n) is 10.4. The number of amides is 2. The van der Waals surface area contributed by atoms with Crippen molar-refractivity contribution in [2.45, 2.75) is 64.7 Å². The van der Waals surface area contributed by atoms with Crippen LogP contribution < -0.4 is 15.0 Å². The molecule has 0 bridgehead atoms. The Hall–Kier alpha value is -2.04. The Balaban J connectivity index is 1.65. The summed E-state index contributed by atoms with van der Waals surface area (Å²) >= 11 is 0. The zero-order valence-electron chi connectivity index (χ0n) is 16.8. The Morgan fingerprint density at radius 1 is 1.07 bits per heavy atom. The van der Waals surface area contributed by atoms with E-state index in [0.29, 0.717) is 13.1 Å². The minimum atomic E-state index is -0.256. The maximum absolute atomic E-state index is 12.4. The molecule has 5 heteroatoms. The van der Waals surface area contributed by atoms with Crippen molar-refractivity contribution in [2.24, 2.45) is 5.92 Å². The molecule has 1 heterocycles. The highest BCUT2D eigenvalue weighted by Crippen LogP contribution is 2.26. The second kappa shape index (κ2) is 11.6. The van der Waals surface area contributed by atoms with Crippen molar-refractivity contribution in [3.8, 4) is 5.75 Å². The third kappa shape index (κ3) is 6.89. The van der Waals surface area contributed by atoms with Crippen LogP contribution in [0, 0.1) is 5.92 Å². The predicted octanol–water partition coefficient (Wildman–Crippen LogP) is 4.31. The van der Waals surface area contributed by atoms with E-state index in [4.69, 9.17) is 4.74 Å². The number of carbonyl (C=O) groups is 2. The number of methoxy groups -OCH3 is 1. The summed E-state index contributed by atoms with van der Waals surface area (Å²) in [5.41, 5.74) is 0.819.